The maximum atomic E-state index is 12.6. The molecule has 1 unspecified atom stereocenters. The van der Waals surface area contributed by atoms with Gasteiger partial charge in [0.25, 0.3) is 5.91 Å². The Morgan fingerprint density at radius 2 is 1.93 bits per heavy atom. The summed E-state index contributed by atoms with van der Waals surface area (Å²) < 4.78 is 5.55. The number of hydrogen-bond acceptors (Lipinski definition) is 5. The maximum Gasteiger partial charge on any atom is 0.275 e. The fourth-order valence-electron chi connectivity index (χ4n) is 3.52. The molecular weight excluding hydrogens is 352 g/mol. The normalized spacial score (nSPS) is 15.2. The molecule has 0 aliphatic carbocycles. The molecule has 1 aliphatic rings. The van der Waals surface area contributed by atoms with E-state index in [1.807, 2.05) is 37.3 Å². The van der Waals surface area contributed by atoms with Gasteiger partial charge in [0.05, 0.1) is 24.7 Å². The molecule has 142 valence electrons. The molecular formula is C22H22N4O2. The van der Waals surface area contributed by atoms with Crippen molar-refractivity contribution in [1.82, 2.24) is 9.97 Å². The highest BCUT2D eigenvalue weighted by atomic mass is 16.5. The van der Waals surface area contributed by atoms with Crippen LogP contribution < -0.4 is 15.0 Å². The summed E-state index contributed by atoms with van der Waals surface area (Å²) in [7, 11) is 0. The van der Waals surface area contributed by atoms with Gasteiger partial charge < -0.3 is 15.0 Å². The largest absolute Gasteiger partial charge is 0.492 e. The number of hydrogen-bond donors (Lipinski definition) is 1. The van der Waals surface area contributed by atoms with E-state index in [9.17, 15) is 4.79 Å². The molecule has 4 rings (SSSR count). The van der Waals surface area contributed by atoms with E-state index in [1.165, 1.54) is 11.8 Å². The molecule has 0 bridgehead atoms. The molecule has 0 saturated heterocycles. The Morgan fingerprint density at radius 3 is 2.71 bits per heavy atom. The second kappa shape index (κ2) is 7.68. The lowest BCUT2D eigenvalue weighted by atomic mass is 10.1. The lowest BCUT2D eigenvalue weighted by Gasteiger charge is -2.23. The van der Waals surface area contributed by atoms with Crippen LogP contribution in [-0.2, 0) is 6.42 Å². The van der Waals surface area contributed by atoms with Gasteiger partial charge in [-0.25, -0.2) is 9.97 Å². The van der Waals surface area contributed by atoms with Gasteiger partial charge in [0.15, 0.2) is 5.82 Å². The van der Waals surface area contributed by atoms with Crippen LogP contribution in [0.15, 0.2) is 60.9 Å². The number of fused-ring (bicyclic) bond motifs is 1. The van der Waals surface area contributed by atoms with Crippen molar-refractivity contribution in [2.24, 2.45) is 0 Å². The van der Waals surface area contributed by atoms with Gasteiger partial charge in [-0.3, -0.25) is 4.79 Å². The number of aromatic nitrogens is 2. The van der Waals surface area contributed by atoms with E-state index < -0.39 is 0 Å². The third kappa shape index (κ3) is 3.41. The first kappa shape index (κ1) is 18.0. The van der Waals surface area contributed by atoms with Crippen LogP contribution in [0, 0.1) is 0 Å². The van der Waals surface area contributed by atoms with Crippen LogP contribution >= 0.6 is 0 Å². The van der Waals surface area contributed by atoms with Crippen molar-refractivity contribution >= 4 is 23.1 Å². The van der Waals surface area contributed by atoms with Crippen molar-refractivity contribution in [3.8, 4) is 5.75 Å². The summed E-state index contributed by atoms with van der Waals surface area (Å²) >= 11 is 0. The molecule has 1 aromatic heterocycles. The molecule has 3 aromatic rings. The Kier molecular flexibility index (Phi) is 4.93. The van der Waals surface area contributed by atoms with Gasteiger partial charge in [-0.1, -0.05) is 30.3 Å². The summed E-state index contributed by atoms with van der Waals surface area (Å²) in [5, 5.41) is 2.85. The zero-order chi connectivity index (χ0) is 19.5. The van der Waals surface area contributed by atoms with Crippen molar-refractivity contribution in [3.63, 3.8) is 0 Å². The second-order valence-corrected chi connectivity index (χ2v) is 6.69. The molecule has 2 heterocycles. The maximum absolute atomic E-state index is 12.6. The molecule has 0 spiro atoms. The molecule has 1 aliphatic heterocycles. The summed E-state index contributed by atoms with van der Waals surface area (Å²) in [5.74, 6) is 1.05. The smallest absolute Gasteiger partial charge is 0.275 e. The number of nitrogens with zero attached hydrogens (tertiary/aromatic N) is 3. The quantitative estimate of drug-likeness (QED) is 0.725. The standard InChI is InChI=1S/C22H22N4O2/c1-3-28-20-11-7-5-9-17(20)25-22(27)18-13-24-21(14-23-18)26-15(2)12-16-8-4-6-10-19(16)26/h4-11,13-15H,3,12H2,1-2H3,(H,25,27). The number of carbonyl (C=O) groups excluding carboxylic acids is 1. The number of nitrogens with one attached hydrogen (secondary N) is 1. The molecule has 1 atom stereocenters. The number of anilines is 3. The summed E-state index contributed by atoms with van der Waals surface area (Å²) in [6.07, 6.45) is 4.14. The summed E-state index contributed by atoms with van der Waals surface area (Å²) in [6.45, 7) is 4.59. The Morgan fingerprint density at radius 1 is 1.14 bits per heavy atom. The second-order valence-electron chi connectivity index (χ2n) is 6.69. The molecule has 6 heteroatoms. The van der Waals surface area contributed by atoms with E-state index in [0.29, 0.717) is 24.1 Å². The lowest BCUT2D eigenvalue weighted by Crippen LogP contribution is -2.25. The minimum absolute atomic E-state index is 0.259. The SMILES string of the molecule is CCOc1ccccc1NC(=O)c1cnc(N2c3ccccc3CC2C)cn1. The van der Waals surface area contributed by atoms with Gasteiger partial charge in [0.2, 0.25) is 0 Å². The van der Waals surface area contributed by atoms with Gasteiger partial charge in [0, 0.05) is 11.7 Å². The highest BCUT2D eigenvalue weighted by molar-refractivity contribution is 6.03. The number of amides is 1. The van der Waals surface area contributed by atoms with Gasteiger partial charge in [0.1, 0.15) is 11.4 Å². The topological polar surface area (TPSA) is 67.3 Å². The van der Waals surface area contributed by atoms with Crippen LogP contribution in [0.3, 0.4) is 0 Å². The Labute approximate surface area is 164 Å². The highest BCUT2D eigenvalue weighted by Gasteiger charge is 2.28. The van der Waals surface area contributed by atoms with Gasteiger partial charge in [-0.2, -0.15) is 0 Å². The van der Waals surface area contributed by atoms with Crippen LogP contribution in [0.25, 0.3) is 0 Å². The molecule has 6 nitrogen and oxygen atoms in total. The third-order valence-corrected chi connectivity index (χ3v) is 4.76. The monoisotopic (exact) mass is 374 g/mol. The van der Waals surface area contributed by atoms with Crippen LogP contribution in [0.2, 0.25) is 0 Å². The Balaban J connectivity index is 1.53. The van der Waals surface area contributed by atoms with Crippen molar-refractivity contribution in [2.45, 2.75) is 26.3 Å². The minimum atomic E-state index is -0.318. The molecule has 0 radical (unpaired) electrons. The summed E-state index contributed by atoms with van der Waals surface area (Å²) in [6, 6.07) is 15.9. The fourth-order valence-corrected chi connectivity index (χ4v) is 3.52. The van der Waals surface area contributed by atoms with E-state index in [1.54, 1.807) is 12.3 Å². The predicted molar refractivity (Wildman–Crippen MR) is 109 cm³/mol. The van der Waals surface area contributed by atoms with Crippen LogP contribution in [0.4, 0.5) is 17.2 Å². The van der Waals surface area contributed by atoms with Crippen LogP contribution in [-0.4, -0.2) is 28.5 Å². The third-order valence-electron chi connectivity index (χ3n) is 4.76. The van der Waals surface area contributed by atoms with Gasteiger partial charge in [-0.05, 0) is 44.0 Å². The summed E-state index contributed by atoms with van der Waals surface area (Å²) in [5.41, 5.74) is 3.32. The van der Waals surface area contributed by atoms with E-state index in [-0.39, 0.29) is 11.6 Å². The van der Waals surface area contributed by atoms with E-state index in [0.717, 1.165) is 17.9 Å². The highest BCUT2D eigenvalue weighted by Crippen LogP contribution is 2.36. The van der Waals surface area contributed by atoms with Crippen molar-refractivity contribution < 1.29 is 9.53 Å². The van der Waals surface area contributed by atoms with Gasteiger partial charge in [-0.15, -0.1) is 0 Å². The zero-order valence-electron chi connectivity index (χ0n) is 15.9. The number of rotatable bonds is 5. The van der Waals surface area contributed by atoms with Crippen molar-refractivity contribution in [3.05, 3.63) is 72.2 Å². The molecule has 28 heavy (non-hydrogen) atoms. The molecule has 2 aromatic carbocycles. The predicted octanol–water partition coefficient (Wildman–Crippen LogP) is 4.21. The fraction of sp³-hybridized carbons (Fsp3) is 0.227. The molecule has 0 fully saturated rings. The van der Waals surface area contributed by atoms with Crippen LogP contribution in [0.1, 0.15) is 29.9 Å². The number of para-hydroxylation sites is 3. The van der Waals surface area contributed by atoms with Crippen molar-refractivity contribution in [2.75, 3.05) is 16.8 Å². The number of carbonyl (C=O) groups is 1. The van der Waals surface area contributed by atoms with Crippen LogP contribution in [0.5, 0.6) is 5.75 Å². The van der Waals surface area contributed by atoms with Crippen molar-refractivity contribution in [1.29, 1.82) is 0 Å². The average Bonchev–Trinajstić information content (AvgIpc) is 3.05. The first-order chi connectivity index (χ1) is 13.7. The minimum Gasteiger partial charge on any atom is -0.492 e. The molecule has 1 N–H and O–H groups in total. The van der Waals surface area contributed by atoms with E-state index in [2.05, 4.69) is 39.2 Å². The average molecular weight is 374 g/mol. The lowest BCUT2D eigenvalue weighted by molar-refractivity contribution is 0.102. The first-order valence-corrected chi connectivity index (χ1v) is 9.39. The number of ether oxygens (including phenoxy) is 1. The molecule has 0 saturated carbocycles. The van der Waals surface area contributed by atoms with E-state index >= 15 is 0 Å². The number of benzene rings is 2. The van der Waals surface area contributed by atoms with Gasteiger partial charge >= 0.3 is 0 Å². The zero-order valence-corrected chi connectivity index (χ0v) is 15.9. The first-order valence-electron chi connectivity index (χ1n) is 9.39. The van der Waals surface area contributed by atoms with E-state index in [4.69, 9.17) is 4.74 Å². The molecule has 1 amide bonds. The Hall–Kier alpha value is -3.41. The Bertz CT molecular complexity index is 988. The summed E-state index contributed by atoms with van der Waals surface area (Å²) in [4.78, 5) is 23.6.